The highest BCUT2D eigenvalue weighted by atomic mass is 32.1. The van der Waals surface area contributed by atoms with E-state index in [1.54, 1.807) is 24.6 Å². The van der Waals surface area contributed by atoms with Crippen LogP contribution >= 0.6 is 23.6 Å². The number of hydrogen-bond acceptors (Lipinski definition) is 4. The number of nitrogens with zero attached hydrogens (tertiary/aromatic N) is 1. The normalized spacial score (nSPS) is 16.2. The second-order valence-electron chi connectivity index (χ2n) is 5.40. The number of anilines is 1. The summed E-state index contributed by atoms with van der Waals surface area (Å²) in [6.07, 6.45) is 6.38. The lowest BCUT2D eigenvalue weighted by Gasteiger charge is -2.31. The van der Waals surface area contributed by atoms with E-state index in [9.17, 15) is 0 Å². The Hall–Kier alpha value is -1.66. The van der Waals surface area contributed by atoms with Gasteiger partial charge in [-0.2, -0.15) is 0 Å². The van der Waals surface area contributed by atoms with Gasteiger partial charge < -0.3 is 15.4 Å². The molecule has 0 aliphatic heterocycles. The van der Waals surface area contributed by atoms with Gasteiger partial charge in [-0.05, 0) is 48.6 Å². The number of nitrogens with one attached hydrogen (secondary N) is 2. The zero-order chi connectivity index (χ0) is 15.4. The van der Waals surface area contributed by atoms with Crippen LogP contribution in [0, 0.1) is 0 Å². The van der Waals surface area contributed by atoms with E-state index in [2.05, 4.69) is 33.1 Å². The van der Waals surface area contributed by atoms with Crippen LogP contribution in [0.15, 0.2) is 35.8 Å². The Balaban J connectivity index is 1.75. The number of thiocarbonyl (C=S) groups is 1. The molecule has 0 unspecified atom stereocenters. The van der Waals surface area contributed by atoms with Crippen molar-refractivity contribution in [2.24, 2.45) is 0 Å². The van der Waals surface area contributed by atoms with Gasteiger partial charge in [0.2, 0.25) is 0 Å². The lowest BCUT2D eigenvalue weighted by Crippen LogP contribution is -2.45. The minimum atomic E-state index is -0.0414. The van der Waals surface area contributed by atoms with Crippen molar-refractivity contribution in [2.75, 3.05) is 12.4 Å². The van der Waals surface area contributed by atoms with Gasteiger partial charge in [0.25, 0.3) is 0 Å². The molecule has 0 saturated heterocycles. The quantitative estimate of drug-likeness (QED) is 0.831. The summed E-state index contributed by atoms with van der Waals surface area (Å²) in [5.41, 5.74) is -0.0414. The Morgan fingerprint density at radius 3 is 2.82 bits per heavy atom. The molecule has 1 saturated carbocycles. The van der Waals surface area contributed by atoms with Crippen molar-refractivity contribution in [3.63, 3.8) is 0 Å². The van der Waals surface area contributed by atoms with Crippen LogP contribution in [0.1, 0.15) is 30.6 Å². The SMILES string of the molecule is COc1cccnc1NC(=S)NC1(c2cccs2)CCCC1. The first kappa shape index (κ1) is 15.2. The van der Waals surface area contributed by atoms with E-state index in [1.807, 2.05) is 12.1 Å². The largest absolute Gasteiger partial charge is 0.493 e. The van der Waals surface area contributed by atoms with Crippen LogP contribution in [-0.2, 0) is 5.54 Å². The van der Waals surface area contributed by atoms with E-state index < -0.39 is 0 Å². The molecule has 0 spiro atoms. The number of rotatable bonds is 4. The Morgan fingerprint density at radius 2 is 2.14 bits per heavy atom. The van der Waals surface area contributed by atoms with Crippen LogP contribution in [0.2, 0.25) is 0 Å². The monoisotopic (exact) mass is 333 g/mol. The second-order valence-corrected chi connectivity index (χ2v) is 6.76. The predicted molar refractivity (Wildman–Crippen MR) is 94.6 cm³/mol. The molecule has 1 fully saturated rings. The predicted octanol–water partition coefficient (Wildman–Crippen LogP) is 3.91. The van der Waals surface area contributed by atoms with E-state index in [0.717, 1.165) is 12.8 Å². The van der Waals surface area contributed by atoms with Gasteiger partial charge in [-0.1, -0.05) is 18.9 Å². The smallest absolute Gasteiger partial charge is 0.174 e. The van der Waals surface area contributed by atoms with Crippen molar-refractivity contribution in [1.82, 2.24) is 10.3 Å². The van der Waals surface area contributed by atoms with Gasteiger partial charge in [-0.25, -0.2) is 4.98 Å². The molecule has 22 heavy (non-hydrogen) atoms. The maximum absolute atomic E-state index is 5.51. The van der Waals surface area contributed by atoms with Gasteiger partial charge in [0.1, 0.15) is 0 Å². The molecule has 0 amide bonds. The van der Waals surface area contributed by atoms with Crippen molar-refractivity contribution >= 4 is 34.5 Å². The average molecular weight is 333 g/mol. The topological polar surface area (TPSA) is 46.2 Å². The van der Waals surface area contributed by atoms with E-state index in [-0.39, 0.29) is 5.54 Å². The Morgan fingerprint density at radius 1 is 1.32 bits per heavy atom. The third-order valence-electron chi connectivity index (χ3n) is 4.03. The first-order valence-electron chi connectivity index (χ1n) is 7.36. The Kier molecular flexibility index (Phi) is 4.59. The summed E-state index contributed by atoms with van der Waals surface area (Å²) in [6.45, 7) is 0. The molecule has 6 heteroatoms. The first-order valence-corrected chi connectivity index (χ1v) is 8.64. The molecule has 1 aliphatic rings. The van der Waals surface area contributed by atoms with Gasteiger partial charge in [-0.15, -0.1) is 11.3 Å². The van der Waals surface area contributed by atoms with E-state index in [4.69, 9.17) is 17.0 Å². The molecule has 3 rings (SSSR count). The van der Waals surface area contributed by atoms with Crippen LogP contribution < -0.4 is 15.4 Å². The highest BCUT2D eigenvalue weighted by Crippen LogP contribution is 2.40. The second kappa shape index (κ2) is 6.62. The van der Waals surface area contributed by atoms with Crippen molar-refractivity contribution in [3.05, 3.63) is 40.7 Å². The van der Waals surface area contributed by atoms with Gasteiger partial charge >= 0.3 is 0 Å². The van der Waals surface area contributed by atoms with Gasteiger partial charge in [0.15, 0.2) is 16.7 Å². The molecule has 0 radical (unpaired) electrons. The summed E-state index contributed by atoms with van der Waals surface area (Å²) < 4.78 is 5.30. The van der Waals surface area contributed by atoms with Crippen LogP contribution in [-0.4, -0.2) is 17.2 Å². The Labute approximate surface area is 139 Å². The molecular weight excluding hydrogens is 314 g/mol. The zero-order valence-corrected chi connectivity index (χ0v) is 14.1. The highest BCUT2D eigenvalue weighted by Gasteiger charge is 2.37. The molecule has 2 heterocycles. The number of hydrogen-bond donors (Lipinski definition) is 2. The lowest BCUT2D eigenvalue weighted by molar-refractivity contribution is 0.412. The number of pyridine rings is 1. The average Bonchev–Trinajstić information content (AvgIpc) is 3.19. The highest BCUT2D eigenvalue weighted by molar-refractivity contribution is 7.80. The molecule has 0 atom stereocenters. The van der Waals surface area contributed by atoms with Crippen LogP contribution in [0.25, 0.3) is 0 Å². The number of thiophene rings is 1. The summed E-state index contributed by atoms with van der Waals surface area (Å²) in [7, 11) is 1.63. The van der Waals surface area contributed by atoms with E-state index in [0.29, 0.717) is 16.7 Å². The number of ether oxygens (including phenoxy) is 1. The standard InChI is InChI=1S/C16H19N3OS2/c1-20-12-6-4-10-17-14(12)18-15(21)19-16(8-2-3-9-16)13-7-5-11-22-13/h4-7,10-11H,2-3,8-9H2,1H3,(H2,17,18,19,21). The molecule has 4 nitrogen and oxygen atoms in total. The summed E-state index contributed by atoms with van der Waals surface area (Å²) in [4.78, 5) is 5.64. The minimum absolute atomic E-state index is 0.0414. The summed E-state index contributed by atoms with van der Waals surface area (Å²) >= 11 is 7.30. The molecule has 2 N–H and O–H groups in total. The summed E-state index contributed by atoms with van der Waals surface area (Å²) in [6, 6.07) is 7.99. The minimum Gasteiger partial charge on any atom is -0.493 e. The fourth-order valence-corrected chi connectivity index (χ4v) is 4.20. The van der Waals surface area contributed by atoms with Gasteiger partial charge in [0, 0.05) is 11.1 Å². The molecule has 0 aromatic carbocycles. The van der Waals surface area contributed by atoms with Crippen LogP contribution in [0.3, 0.4) is 0 Å². The van der Waals surface area contributed by atoms with E-state index >= 15 is 0 Å². The summed E-state index contributed by atoms with van der Waals surface area (Å²) in [5.74, 6) is 1.32. The maximum atomic E-state index is 5.51. The zero-order valence-electron chi connectivity index (χ0n) is 12.5. The fourth-order valence-electron chi connectivity index (χ4n) is 2.97. The lowest BCUT2D eigenvalue weighted by atomic mass is 9.96. The number of aromatic nitrogens is 1. The molecule has 116 valence electrons. The van der Waals surface area contributed by atoms with Crippen molar-refractivity contribution in [3.8, 4) is 5.75 Å². The molecule has 0 bridgehead atoms. The van der Waals surface area contributed by atoms with Crippen molar-refractivity contribution < 1.29 is 4.74 Å². The molecular formula is C16H19N3OS2. The van der Waals surface area contributed by atoms with Crippen LogP contribution in [0.5, 0.6) is 5.75 Å². The molecule has 1 aliphatic carbocycles. The third kappa shape index (κ3) is 3.08. The fraction of sp³-hybridized carbons (Fsp3) is 0.375. The number of methoxy groups -OCH3 is 1. The Bertz CT molecular complexity index is 637. The maximum Gasteiger partial charge on any atom is 0.174 e. The van der Waals surface area contributed by atoms with Crippen LogP contribution in [0.4, 0.5) is 5.82 Å². The van der Waals surface area contributed by atoms with Gasteiger partial charge in [-0.3, -0.25) is 0 Å². The first-order chi connectivity index (χ1) is 10.7. The van der Waals surface area contributed by atoms with E-state index in [1.165, 1.54) is 17.7 Å². The molecule has 2 aromatic rings. The van der Waals surface area contributed by atoms with Gasteiger partial charge in [0.05, 0.1) is 12.6 Å². The van der Waals surface area contributed by atoms with Crippen molar-refractivity contribution in [2.45, 2.75) is 31.2 Å². The third-order valence-corrected chi connectivity index (χ3v) is 5.30. The van der Waals surface area contributed by atoms with Crippen molar-refractivity contribution in [1.29, 1.82) is 0 Å². The molecule has 2 aromatic heterocycles. The summed E-state index contributed by atoms with van der Waals surface area (Å²) in [5, 5.41) is 9.40.